The van der Waals surface area contributed by atoms with Gasteiger partial charge in [-0.05, 0) is 131 Å². The highest BCUT2D eigenvalue weighted by molar-refractivity contribution is 6.22. The summed E-state index contributed by atoms with van der Waals surface area (Å²) in [6.45, 7) is 13.7. The third-order valence-electron chi connectivity index (χ3n) is 11.1. The van der Waals surface area contributed by atoms with Crippen molar-refractivity contribution in [1.82, 2.24) is 9.13 Å². The Morgan fingerprint density at radius 2 is 0.852 bits per heavy atom. The Kier molecular flexibility index (Phi) is 7.76. The molecule has 0 saturated heterocycles. The van der Waals surface area contributed by atoms with Gasteiger partial charge in [-0.25, -0.2) is 4.79 Å². The average Bonchev–Trinajstić information content (AvgIpc) is 3.47. The Bertz CT molecular complexity index is 2950. The fraction of sp³-hybridized carbons (Fsp3) is 0.157. The summed E-state index contributed by atoms with van der Waals surface area (Å²) in [7, 11) is 0. The Balaban J connectivity index is 1.32. The first-order valence-electron chi connectivity index (χ1n) is 18.9. The normalized spacial score (nSPS) is 12.3. The quantitative estimate of drug-likeness (QED) is 0.168. The van der Waals surface area contributed by atoms with Crippen LogP contribution in [0.3, 0.4) is 0 Å². The molecule has 9 rings (SSSR count). The van der Waals surface area contributed by atoms with Crippen molar-refractivity contribution in [2.24, 2.45) is 0 Å². The van der Waals surface area contributed by atoms with Crippen molar-refractivity contribution in [3.8, 4) is 33.6 Å². The zero-order chi connectivity index (χ0) is 37.4. The van der Waals surface area contributed by atoms with Gasteiger partial charge in [0.1, 0.15) is 0 Å². The van der Waals surface area contributed by atoms with E-state index in [1.54, 1.807) is 4.57 Å². The molecule has 0 bridgehead atoms. The minimum Gasteiger partial charge on any atom is -0.260 e. The first-order chi connectivity index (χ1) is 26.0. The van der Waals surface area contributed by atoms with Gasteiger partial charge in [0.25, 0.3) is 0 Å². The Labute approximate surface area is 316 Å². The summed E-state index contributed by atoms with van der Waals surface area (Å²) in [5.41, 5.74) is 10.7. The largest absolute Gasteiger partial charge is 0.338 e. The summed E-state index contributed by atoms with van der Waals surface area (Å²) >= 11 is 0. The van der Waals surface area contributed by atoms with Crippen LogP contribution in [0.1, 0.15) is 52.7 Å². The van der Waals surface area contributed by atoms with Crippen molar-refractivity contribution < 1.29 is 0 Å². The van der Waals surface area contributed by atoms with Gasteiger partial charge in [0.05, 0.1) is 22.4 Å². The smallest absolute Gasteiger partial charge is 0.260 e. The summed E-state index contributed by atoms with van der Waals surface area (Å²) in [6, 6.07) is 56.2. The van der Waals surface area contributed by atoms with Crippen molar-refractivity contribution in [3.05, 3.63) is 179 Å². The molecule has 0 aliphatic carbocycles. The number of hydrogen-bond acceptors (Lipinski definition) is 1. The van der Waals surface area contributed by atoms with Crippen molar-refractivity contribution in [3.63, 3.8) is 0 Å². The van der Waals surface area contributed by atoms with Gasteiger partial charge in [-0.1, -0.05) is 145 Å². The molecule has 1 aromatic heterocycles. The summed E-state index contributed by atoms with van der Waals surface area (Å²) in [6.07, 6.45) is 0. The molecular formula is C51H44N2O. The summed E-state index contributed by atoms with van der Waals surface area (Å²) in [5, 5.41) is 7.40. The van der Waals surface area contributed by atoms with Gasteiger partial charge < -0.3 is 0 Å². The van der Waals surface area contributed by atoms with Crippen LogP contribution in [0, 0.1) is 0 Å². The van der Waals surface area contributed by atoms with E-state index in [9.17, 15) is 4.79 Å². The minimum atomic E-state index is -0.0877. The van der Waals surface area contributed by atoms with Gasteiger partial charge >= 0.3 is 5.69 Å². The Morgan fingerprint density at radius 3 is 1.41 bits per heavy atom. The van der Waals surface area contributed by atoms with Crippen LogP contribution in [0.4, 0.5) is 0 Å². The fourth-order valence-corrected chi connectivity index (χ4v) is 8.13. The van der Waals surface area contributed by atoms with Gasteiger partial charge in [0, 0.05) is 0 Å². The topological polar surface area (TPSA) is 26.9 Å². The molecule has 54 heavy (non-hydrogen) atoms. The lowest BCUT2D eigenvalue weighted by atomic mass is 9.79. The standard InChI is InChI=1S/C51H44N2O/c1-50(2,3)37-25-29-42-43(31-37)47(41-28-24-38(51(4,5)6)32-44(41)48(42)36-21-20-33-14-10-11-15-35(33)30-36)34-22-26-40(27-23-34)53-46-19-13-12-18-45(46)52(49(53)54)39-16-8-7-9-17-39/h7-32H,1-6H3. The van der Waals surface area contributed by atoms with E-state index in [1.807, 2.05) is 59.2 Å². The lowest BCUT2D eigenvalue weighted by molar-refractivity contribution is 0.590. The molecule has 0 radical (unpaired) electrons. The highest BCUT2D eigenvalue weighted by atomic mass is 16.1. The molecule has 8 aromatic carbocycles. The molecule has 0 aliphatic heterocycles. The maximum absolute atomic E-state index is 14.2. The average molecular weight is 701 g/mol. The molecule has 0 saturated carbocycles. The van der Waals surface area contributed by atoms with E-state index < -0.39 is 0 Å². The molecule has 1 heterocycles. The zero-order valence-electron chi connectivity index (χ0n) is 31.8. The number of para-hydroxylation sites is 3. The predicted molar refractivity (Wildman–Crippen MR) is 230 cm³/mol. The molecule has 3 nitrogen and oxygen atoms in total. The highest BCUT2D eigenvalue weighted by Crippen LogP contribution is 2.46. The molecule has 0 spiro atoms. The monoisotopic (exact) mass is 700 g/mol. The first-order valence-corrected chi connectivity index (χ1v) is 18.9. The van der Waals surface area contributed by atoms with E-state index in [2.05, 4.69) is 145 Å². The number of benzene rings is 8. The van der Waals surface area contributed by atoms with Gasteiger partial charge in [0.15, 0.2) is 0 Å². The molecule has 0 N–H and O–H groups in total. The predicted octanol–water partition coefficient (Wildman–Crippen LogP) is 13.2. The lowest BCUT2D eigenvalue weighted by Gasteiger charge is -2.25. The van der Waals surface area contributed by atoms with Crippen molar-refractivity contribution in [2.45, 2.75) is 52.4 Å². The van der Waals surface area contributed by atoms with Crippen molar-refractivity contribution >= 4 is 43.4 Å². The number of aromatic nitrogens is 2. The van der Waals surface area contributed by atoms with Crippen LogP contribution in [0.15, 0.2) is 163 Å². The molecule has 0 unspecified atom stereocenters. The van der Waals surface area contributed by atoms with Crippen LogP contribution in [0.5, 0.6) is 0 Å². The van der Waals surface area contributed by atoms with Crippen LogP contribution in [-0.4, -0.2) is 9.13 Å². The SMILES string of the molecule is CC(C)(C)c1ccc2c(-c3ccc4ccccc4c3)c3cc(C(C)(C)C)ccc3c(-c3ccc(-n4c(=O)n(-c5ccccc5)c5ccccc54)cc3)c2c1. The van der Waals surface area contributed by atoms with Crippen LogP contribution < -0.4 is 5.69 Å². The van der Waals surface area contributed by atoms with Crippen molar-refractivity contribution in [2.75, 3.05) is 0 Å². The lowest BCUT2D eigenvalue weighted by Crippen LogP contribution is -2.22. The molecule has 264 valence electrons. The third kappa shape index (κ3) is 5.54. The van der Waals surface area contributed by atoms with Crippen LogP contribution >= 0.6 is 0 Å². The highest BCUT2D eigenvalue weighted by Gasteiger charge is 2.23. The van der Waals surface area contributed by atoms with Crippen molar-refractivity contribution in [1.29, 1.82) is 0 Å². The molecule has 0 atom stereocenters. The fourth-order valence-electron chi connectivity index (χ4n) is 8.13. The number of hydrogen-bond donors (Lipinski definition) is 0. The second-order valence-corrected chi connectivity index (χ2v) is 16.7. The molecule has 3 heteroatoms. The summed E-state index contributed by atoms with van der Waals surface area (Å²) < 4.78 is 3.63. The zero-order valence-corrected chi connectivity index (χ0v) is 31.8. The van der Waals surface area contributed by atoms with E-state index in [0.29, 0.717) is 0 Å². The molecular weight excluding hydrogens is 657 g/mol. The van der Waals surface area contributed by atoms with E-state index >= 15 is 0 Å². The van der Waals surface area contributed by atoms with E-state index in [4.69, 9.17) is 0 Å². The van der Waals surface area contributed by atoms with Gasteiger partial charge in [-0.15, -0.1) is 0 Å². The number of rotatable bonds is 4. The number of fused-ring (bicyclic) bond motifs is 4. The molecule has 0 aliphatic rings. The maximum atomic E-state index is 14.2. The van der Waals surface area contributed by atoms with Crippen LogP contribution in [0.25, 0.3) is 77.0 Å². The van der Waals surface area contributed by atoms with Gasteiger partial charge in [-0.2, -0.15) is 0 Å². The maximum Gasteiger partial charge on any atom is 0.338 e. The third-order valence-corrected chi connectivity index (χ3v) is 11.1. The number of nitrogens with zero attached hydrogens (tertiary/aromatic N) is 2. The van der Waals surface area contributed by atoms with Gasteiger partial charge in [-0.3, -0.25) is 9.13 Å². The molecule has 0 amide bonds. The summed E-state index contributed by atoms with van der Waals surface area (Å²) in [4.78, 5) is 14.2. The molecule has 9 aromatic rings. The van der Waals surface area contributed by atoms with Gasteiger partial charge in [0.2, 0.25) is 0 Å². The second kappa shape index (κ2) is 12.5. The minimum absolute atomic E-state index is 0.0199. The Hall–Kier alpha value is -6.19. The van der Waals surface area contributed by atoms with E-state index in [0.717, 1.165) is 28.0 Å². The second-order valence-electron chi connectivity index (χ2n) is 16.7. The number of imidazole rings is 1. The van der Waals surface area contributed by atoms with Crippen LogP contribution in [0.2, 0.25) is 0 Å². The summed E-state index contributed by atoms with van der Waals surface area (Å²) in [5.74, 6) is 0. The molecule has 0 fully saturated rings. The Morgan fingerprint density at radius 1 is 0.389 bits per heavy atom. The van der Waals surface area contributed by atoms with E-state index in [1.165, 1.54) is 60.1 Å². The van der Waals surface area contributed by atoms with E-state index in [-0.39, 0.29) is 16.5 Å². The first kappa shape index (κ1) is 33.6. The van der Waals surface area contributed by atoms with Crippen LogP contribution in [-0.2, 0) is 10.8 Å².